The van der Waals surface area contributed by atoms with Gasteiger partial charge in [-0.1, -0.05) is 12.1 Å². The third-order valence-electron chi connectivity index (χ3n) is 2.41. The van der Waals surface area contributed by atoms with E-state index in [1.807, 2.05) is 30.5 Å². The number of hydrogen-bond acceptors (Lipinski definition) is 5. The molecule has 16 heavy (non-hydrogen) atoms. The molecule has 4 nitrogen and oxygen atoms in total. The molecule has 0 saturated heterocycles. The van der Waals surface area contributed by atoms with Gasteiger partial charge in [0.1, 0.15) is 0 Å². The van der Waals surface area contributed by atoms with Crippen LogP contribution in [0.25, 0.3) is 0 Å². The molecule has 0 fully saturated rings. The Morgan fingerprint density at radius 3 is 2.94 bits per heavy atom. The molecule has 0 aliphatic carbocycles. The average molecular weight is 234 g/mol. The Morgan fingerprint density at radius 2 is 2.25 bits per heavy atom. The van der Waals surface area contributed by atoms with Gasteiger partial charge in [-0.3, -0.25) is 5.73 Å². The number of nitrogens with one attached hydrogen (secondary N) is 1. The molecule has 84 valence electrons. The van der Waals surface area contributed by atoms with E-state index in [0.717, 1.165) is 10.5 Å². The number of nitrogens with two attached hydrogens (primary N) is 2. The topological polar surface area (TPSA) is 76.4 Å². The molecule has 0 radical (unpaired) electrons. The van der Waals surface area contributed by atoms with Crippen molar-refractivity contribution in [1.29, 1.82) is 0 Å². The molecular weight excluding hydrogens is 220 g/mol. The summed E-state index contributed by atoms with van der Waals surface area (Å²) in [5, 5.41) is 2.80. The normalized spacial score (nSPS) is 23.8. The van der Waals surface area contributed by atoms with Crippen LogP contribution >= 0.6 is 11.8 Å². The minimum Gasteiger partial charge on any atom is -0.370 e. The van der Waals surface area contributed by atoms with Crippen molar-refractivity contribution >= 4 is 17.7 Å². The van der Waals surface area contributed by atoms with E-state index < -0.39 is 5.66 Å². The first kappa shape index (κ1) is 11.0. The van der Waals surface area contributed by atoms with Crippen molar-refractivity contribution in [3.63, 3.8) is 0 Å². The van der Waals surface area contributed by atoms with Crippen LogP contribution in [-0.2, 0) is 5.66 Å². The summed E-state index contributed by atoms with van der Waals surface area (Å²) >= 11 is 1.67. The number of benzene rings is 1. The first-order valence-corrected chi connectivity index (χ1v) is 6.09. The first-order chi connectivity index (χ1) is 7.64. The molecule has 1 heterocycles. The fourth-order valence-corrected chi connectivity index (χ4v) is 2.02. The van der Waals surface area contributed by atoms with Crippen molar-refractivity contribution in [2.45, 2.75) is 10.6 Å². The Hall–Kier alpha value is -1.46. The van der Waals surface area contributed by atoms with Gasteiger partial charge in [-0.25, -0.2) is 4.99 Å². The summed E-state index contributed by atoms with van der Waals surface area (Å²) in [7, 11) is 0. The van der Waals surface area contributed by atoms with Crippen molar-refractivity contribution in [2.24, 2.45) is 16.5 Å². The van der Waals surface area contributed by atoms with Crippen molar-refractivity contribution in [2.75, 3.05) is 6.26 Å². The van der Waals surface area contributed by atoms with Gasteiger partial charge in [0.2, 0.25) is 0 Å². The highest BCUT2D eigenvalue weighted by Gasteiger charge is 2.25. The molecule has 5 heteroatoms. The second-order valence-electron chi connectivity index (χ2n) is 3.53. The lowest BCUT2D eigenvalue weighted by Crippen LogP contribution is -2.42. The zero-order chi connectivity index (χ0) is 11.6. The Balaban J connectivity index is 2.42. The standard InChI is InChI=1S/C11H14N4S/c1-16-9-4-2-3-8(7-9)11(13)5-6-14-10(12)15-11/h2-7H,13H2,1H3,(H3,12,14,15). The summed E-state index contributed by atoms with van der Waals surface area (Å²) in [5.41, 5.74) is 11.9. The van der Waals surface area contributed by atoms with E-state index in [4.69, 9.17) is 11.5 Å². The fourth-order valence-electron chi connectivity index (χ4n) is 1.56. The van der Waals surface area contributed by atoms with Crippen molar-refractivity contribution in [3.05, 3.63) is 42.1 Å². The highest BCUT2D eigenvalue weighted by Crippen LogP contribution is 2.26. The van der Waals surface area contributed by atoms with Crippen LogP contribution in [0.1, 0.15) is 5.56 Å². The third-order valence-corrected chi connectivity index (χ3v) is 3.13. The van der Waals surface area contributed by atoms with Gasteiger partial charge in [0.15, 0.2) is 11.6 Å². The lowest BCUT2D eigenvalue weighted by molar-refractivity contribution is 0.580. The van der Waals surface area contributed by atoms with Crippen LogP contribution in [0.2, 0.25) is 0 Å². The Labute approximate surface area is 98.8 Å². The predicted molar refractivity (Wildman–Crippen MR) is 68.0 cm³/mol. The highest BCUT2D eigenvalue weighted by molar-refractivity contribution is 7.98. The number of hydrogen-bond donors (Lipinski definition) is 3. The van der Waals surface area contributed by atoms with Gasteiger partial charge in [-0.2, -0.15) is 0 Å². The lowest BCUT2D eigenvalue weighted by Gasteiger charge is -2.25. The molecule has 2 rings (SSSR count). The SMILES string of the molecule is CSc1cccc(C2(N)C=CNC(N)=N2)c1. The summed E-state index contributed by atoms with van der Waals surface area (Å²) in [6.07, 6.45) is 5.54. The summed E-state index contributed by atoms with van der Waals surface area (Å²) in [5.74, 6) is 0.333. The van der Waals surface area contributed by atoms with Crippen molar-refractivity contribution in [3.8, 4) is 0 Å². The smallest absolute Gasteiger partial charge is 0.195 e. The van der Waals surface area contributed by atoms with Gasteiger partial charge in [-0.05, 0) is 30.0 Å². The molecule has 0 bridgehead atoms. The van der Waals surface area contributed by atoms with Gasteiger partial charge < -0.3 is 11.1 Å². The molecule has 1 aromatic rings. The van der Waals surface area contributed by atoms with Crippen LogP contribution in [0.3, 0.4) is 0 Å². The largest absolute Gasteiger partial charge is 0.370 e. The number of aliphatic imine (C=N–C) groups is 1. The van der Waals surface area contributed by atoms with Crippen LogP contribution in [0.5, 0.6) is 0 Å². The Kier molecular flexibility index (Phi) is 2.89. The average Bonchev–Trinajstić information content (AvgIpc) is 2.29. The first-order valence-electron chi connectivity index (χ1n) is 4.87. The maximum absolute atomic E-state index is 6.19. The number of rotatable bonds is 2. The van der Waals surface area contributed by atoms with Gasteiger partial charge in [0.05, 0.1) is 0 Å². The minimum absolute atomic E-state index is 0.333. The summed E-state index contributed by atoms with van der Waals surface area (Å²) < 4.78 is 0. The molecule has 1 atom stereocenters. The molecule has 1 unspecified atom stereocenters. The van der Waals surface area contributed by atoms with Gasteiger partial charge in [0, 0.05) is 11.1 Å². The molecule has 0 amide bonds. The van der Waals surface area contributed by atoms with E-state index in [1.54, 1.807) is 24.0 Å². The maximum atomic E-state index is 6.19. The second-order valence-corrected chi connectivity index (χ2v) is 4.41. The maximum Gasteiger partial charge on any atom is 0.195 e. The molecule has 1 aliphatic rings. The van der Waals surface area contributed by atoms with Crippen molar-refractivity contribution < 1.29 is 0 Å². The van der Waals surface area contributed by atoms with Gasteiger partial charge >= 0.3 is 0 Å². The minimum atomic E-state index is -0.860. The van der Waals surface area contributed by atoms with Crippen LogP contribution < -0.4 is 16.8 Å². The Bertz CT molecular complexity index is 455. The number of nitrogens with zero attached hydrogens (tertiary/aromatic N) is 1. The van der Waals surface area contributed by atoms with Crippen molar-refractivity contribution in [1.82, 2.24) is 5.32 Å². The summed E-state index contributed by atoms with van der Waals surface area (Å²) in [6, 6.07) is 7.98. The van der Waals surface area contributed by atoms with E-state index in [2.05, 4.69) is 10.3 Å². The van der Waals surface area contributed by atoms with Crippen LogP contribution in [0.4, 0.5) is 0 Å². The van der Waals surface area contributed by atoms with E-state index in [1.165, 1.54) is 0 Å². The zero-order valence-electron chi connectivity index (χ0n) is 8.97. The molecule has 5 N–H and O–H groups in total. The van der Waals surface area contributed by atoms with Gasteiger partial charge in [-0.15, -0.1) is 11.8 Å². The predicted octanol–water partition coefficient (Wildman–Crippen LogP) is 0.952. The molecular formula is C11H14N4S. The van der Waals surface area contributed by atoms with Gasteiger partial charge in [0.25, 0.3) is 0 Å². The molecule has 0 spiro atoms. The summed E-state index contributed by atoms with van der Waals surface area (Å²) in [4.78, 5) is 5.38. The molecule has 0 aromatic heterocycles. The number of guanidine groups is 1. The molecule has 1 aromatic carbocycles. The van der Waals surface area contributed by atoms with Crippen LogP contribution in [-0.4, -0.2) is 12.2 Å². The fraction of sp³-hybridized carbons (Fsp3) is 0.182. The monoisotopic (exact) mass is 234 g/mol. The second kappa shape index (κ2) is 4.19. The lowest BCUT2D eigenvalue weighted by atomic mass is 10.0. The van der Waals surface area contributed by atoms with Crippen LogP contribution in [0, 0.1) is 0 Å². The highest BCUT2D eigenvalue weighted by atomic mass is 32.2. The molecule has 0 saturated carbocycles. The quantitative estimate of drug-likeness (QED) is 0.666. The summed E-state index contributed by atoms with van der Waals surface area (Å²) in [6.45, 7) is 0. The van der Waals surface area contributed by atoms with E-state index in [9.17, 15) is 0 Å². The van der Waals surface area contributed by atoms with Crippen LogP contribution in [0.15, 0.2) is 46.4 Å². The van der Waals surface area contributed by atoms with E-state index >= 15 is 0 Å². The number of thioether (sulfide) groups is 1. The Morgan fingerprint density at radius 1 is 1.44 bits per heavy atom. The van der Waals surface area contributed by atoms with E-state index in [-0.39, 0.29) is 0 Å². The third kappa shape index (κ3) is 2.05. The van der Waals surface area contributed by atoms with E-state index in [0.29, 0.717) is 5.96 Å². The molecule has 1 aliphatic heterocycles. The zero-order valence-corrected chi connectivity index (χ0v) is 9.79.